The third kappa shape index (κ3) is 4.93. The van der Waals surface area contributed by atoms with E-state index in [4.69, 9.17) is 9.47 Å². The zero-order valence-electron chi connectivity index (χ0n) is 13.8. The highest BCUT2D eigenvalue weighted by molar-refractivity contribution is 6.14. The van der Waals surface area contributed by atoms with Gasteiger partial charge in [0.05, 0.1) is 17.9 Å². The van der Waals surface area contributed by atoms with E-state index < -0.39 is 0 Å². The number of hydrogen-bond acceptors (Lipinski definition) is 5. The number of carbonyl (C=O) groups excluding carboxylic acids is 1. The second-order valence-electron chi connectivity index (χ2n) is 6.40. The average Bonchev–Trinajstić information content (AvgIpc) is 2.46. The molecule has 0 amide bonds. The van der Waals surface area contributed by atoms with Gasteiger partial charge in [0.1, 0.15) is 18.1 Å². The van der Waals surface area contributed by atoms with E-state index in [9.17, 15) is 9.90 Å². The lowest BCUT2D eigenvalue weighted by Crippen LogP contribution is -2.26. The molecule has 1 N–H and O–H groups in total. The van der Waals surface area contributed by atoms with Gasteiger partial charge in [0.25, 0.3) is 0 Å². The summed E-state index contributed by atoms with van der Waals surface area (Å²) in [5, 5.41) is 10.1. The highest BCUT2D eigenvalue weighted by atomic mass is 16.5. The zero-order chi connectivity index (χ0) is 16.9. The summed E-state index contributed by atoms with van der Waals surface area (Å²) in [6.45, 7) is 4.91. The fourth-order valence-corrected chi connectivity index (χ4v) is 2.48. The second kappa shape index (κ2) is 7.42. The van der Waals surface area contributed by atoms with Gasteiger partial charge in [-0.1, -0.05) is 19.9 Å². The Hall–Kier alpha value is -2.14. The summed E-state index contributed by atoms with van der Waals surface area (Å²) in [6.07, 6.45) is 2.35. The molecule has 0 saturated carbocycles. The Kier molecular flexibility index (Phi) is 5.55. The number of aliphatic hydroxyl groups is 1. The summed E-state index contributed by atoms with van der Waals surface area (Å²) in [6, 6.07) is 7.25. The minimum absolute atomic E-state index is 0.0741. The van der Waals surface area contributed by atoms with Gasteiger partial charge < -0.3 is 14.6 Å². The van der Waals surface area contributed by atoms with Gasteiger partial charge in [-0.05, 0) is 17.5 Å². The molecular formula is C18H23NO4. The molecule has 0 aliphatic heterocycles. The number of hydrogen-bond donors (Lipinski definition) is 1. The molecule has 1 aromatic rings. The summed E-state index contributed by atoms with van der Waals surface area (Å²) >= 11 is 0. The number of aliphatic imine (C=N–C) groups is 1. The van der Waals surface area contributed by atoms with E-state index in [-0.39, 0.29) is 17.0 Å². The Morgan fingerprint density at radius 3 is 2.78 bits per heavy atom. The predicted octanol–water partition coefficient (Wildman–Crippen LogP) is 3.62. The first-order valence-corrected chi connectivity index (χ1v) is 7.62. The standard InChI is InChI=1S/C18H23NO4/c1-18(2)10-16(20)15(17(21)11-18)12-19-13-5-4-6-14(9-13)23-8-7-22-3/h4-6,9,12,20H,7-8,10-11H2,1-3H3. The van der Waals surface area contributed by atoms with Crippen molar-refractivity contribution in [1.82, 2.24) is 0 Å². The molecule has 1 aromatic carbocycles. The number of benzene rings is 1. The molecule has 0 aromatic heterocycles. The van der Waals surface area contributed by atoms with Gasteiger partial charge in [-0.2, -0.15) is 0 Å². The van der Waals surface area contributed by atoms with Crippen molar-refractivity contribution in [3.05, 3.63) is 35.6 Å². The number of methoxy groups -OCH3 is 1. The van der Waals surface area contributed by atoms with E-state index in [1.54, 1.807) is 13.2 Å². The van der Waals surface area contributed by atoms with Gasteiger partial charge in [-0.15, -0.1) is 0 Å². The van der Waals surface area contributed by atoms with Crippen molar-refractivity contribution in [2.24, 2.45) is 10.4 Å². The van der Waals surface area contributed by atoms with Crippen molar-refractivity contribution in [1.29, 1.82) is 0 Å². The van der Waals surface area contributed by atoms with Crippen molar-refractivity contribution in [3.8, 4) is 5.75 Å². The van der Waals surface area contributed by atoms with Crippen LogP contribution >= 0.6 is 0 Å². The van der Waals surface area contributed by atoms with Gasteiger partial charge in [-0.3, -0.25) is 9.79 Å². The lowest BCUT2D eigenvalue weighted by molar-refractivity contribution is -0.117. The molecule has 0 radical (unpaired) electrons. The largest absolute Gasteiger partial charge is 0.511 e. The Morgan fingerprint density at radius 1 is 1.30 bits per heavy atom. The maximum atomic E-state index is 12.1. The smallest absolute Gasteiger partial charge is 0.168 e. The molecule has 0 atom stereocenters. The van der Waals surface area contributed by atoms with Crippen molar-refractivity contribution >= 4 is 17.7 Å². The molecule has 0 heterocycles. The molecule has 124 valence electrons. The topological polar surface area (TPSA) is 68.1 Å². The number of ether oxygens (including phenoxy) is 2. The number of nitrogens with zero attached hydrogens (tertiary/aromatic N) is 1. The molecule has 0 bridgehead atoms. The van der Waals surface area contributed by atoms with Crippen LogP contribution in [0.25, 0.3) is 0 Å². The molecule has 5 heteroatoms. The van der Waals surface area contributed by atoms with Crippen LogP contribution in [-0.2, 0) is 9.53 Å². The monoisotopic (exact) mass is 317 g/mol. The molecule has 0 fully saturated rings. The van der Waals surface area contributed by atoms with E-state index in [1.165, 1.54) is 6.21 Å². The van der Waals surface area contributed by atoms with E-state index in [1.807, 2.05) is 32.0 Å². The third-order valence-corrected chi connectivity index (χ3v) is 3.61. The normalized spacial score (nSPS) is 17.8. The van der Waals surface area contributed by atoms with Gasteiger partial charge in [0, 0.05) is 32.2 Å². The highest BCUT2D eigenvalue weighted by Crippen LogP contribution is 2.35. The first-order chi connectivity index (χ1) is 10.9. The zero-order valence-corrected chi connectivity index (χ0v) is 13.8. The molecule has 1 aliphatic rings. The number of carbonyl (C=O) groups is 1. The number of rotatable bonds is 6. The van der Waals surface area contributed by atoms with Gasteiger partial charge in [-0.25, -0.2) is 0 Å². The minimum atomic E-state index is -0.201. The summed E-state index contributed by atoms with van der Waals surface area (Å²) in [5.74, 6) is 0.725. The highest BCUT2D eigenvalue weighted by Gasteiger charge is 2.32. The van der Waals surface area contributed by atoms with Gasteiger partial charge >= 0.3 is 0 Å². The molecule has 1 aliphatic carbocycles. The maximum Gasteiger partial charge on any atom is 0.168 e. The van der Waals surface area contributed by atoms with E-state index in [0.717, 1.165) is 0 Å². The van der Waals surface area contributed by atoms with Crippen LogP contribution in [0, 0.1) is 5.41 Å². The summed E-state index contributed by atoms with van der Waals surface area (Å²) in [5.41, 5.74) is 0.765. The Balaban J connectivity index is 2.11. The fraction of sp³-hybridized carbons (Fsp3) is 0.444. The van der Waals surface area contributed by atoms with Crippen LogP contribution in [0.1, 0.15) is 26.7 Å². The van der Waals surface area contributed by atoms with Crippen LogP contribution in [-0.4, -0.2) is 37.4 Å². The lowest BCUT2D eigenvalue weighted by atomic mass is 9.77. The van der Waals surface area contributed by atoms with Crippen molar-refractivity contribution < 1.29 is 19.4 Å². The van der Waals surface area contributed by atoms with E-state index in [2.05, 4.69) is 4.99 Å². The summed E-state index contributed by atoms with van der Waals surface area (Å²) < 4.78 is 10.5. The van der Waals surface area contributed by atoms with E-state index >= 15 is 0 Å². The number of Topliss-reactive ketones (excluding diaryl/α,β-unsaturated/α-hetero) is 1. The van der Waals surface area contributed by atoms with Crippen LogP contribution in [0.15, 0.2) is 40.6 Å². The third-order valence-electron chi connectivity index (χ3n) is 3.61. The van der Waals surface area contributed by atoms with Crippen molar-refractivity contribution in [3.63, 3.8) is 0 Å². The van der Waals surface area contributed by atoms with Gasteiger partial charge in [0.2, 0.25) is 0 Å². The number of allylic oxidation sites excluding steroid dienone is 2. The Bertz CT molecular complexity index is 632. The van der Waals surface area contributed by atoms with Crippen molar-refractivity contribution in [2.45, 2.75) is 26.7 Å². The molecule has 0 spiro atoms. The second-order valence-corrected chi connectivity index (χ2v) is 6.40. The molecule has 23 heavy (non-hydrogen) atoms. The molecule has 0 unspecified atom stereocenters. The number of aliphatic hydroxyl groups excluding tert-OH is 1. The summed E-state index contributed by atoms with van der Waals surface area (Å²) in [4.78, 5) is 16.4. The van der Waals surface area contributed by atoms with E-state index in [0.29, 0.717) is 43.1 Å². The van der Waals surface area contributed by atoms with Crippen LogP contribution in [0.4, 0.5) is 5.69 Å². The SMILES string of the molecule is COCCOc1cccc(N=CC2=C(O)CC(C)(C)CC2=O)c1. The number of ketones is 1. The van der Waals surface area contributed by atoms with Crippen LogP contribution < -0.4 is 4.74 Å². The summed E-state index contributed by atoms with van der Waals surface area (Å²) in [7, 11) is 1.62. The lowest BCUT2D eigenvalue weighted by Gasteiger charge is -2.28. The maximum absolute atomic E-state index is 12.1. The fourth-order valence-electron chi connectivity index (χ4n) is 2.48. The molecule has 2 rings (SSSR count). The Labute approximate surface area is 136 Å². The van der Waals surface area contributed by atoms with Crippen molar-refractivity contribution in [2.75, 3.05) is 20.3 Å². The minimum Gasteiger partial charge on any atom is -0.511 e. The molecule has 5 nitrogen and oxygen atoms in total. The quantitative estimate of drug-likeness (QED) is 0.643. The molecule has 0 saturated heterocycles. The van der Waals surface area contributed by atoms with Crippen LogP contribution in [0.5, 0.6) is 5.75 Å². The predicted molar refractivity (Wildman–Crippen MR) is 89.6 cm³/mol. The van der Waals surface area contributed by atoms with Crippen LogP contribution in [0.2, 0.25) is 0 Å². The van der Waals surface area contributed by atoms with Gasteiger partial charge in [0.15, 0.2) is 5.78 Å². The first kappa shape index (κ1) is 17.2. The average molecular weight is 317 g/mol. The first-order valence-electron chi connectivity index (χ1n) is 7.62. The van der Waals surface area contributed by atoms with Crippen LogP contribution in [0.3, 0.4) is 0 Å². The Morgan fingerprint density at radius 2 is 2.09 bits per heavy atom. The molecular weight excluding hydrogens is 294 g/mol.